The number of hydrogen-bond acceptors (Lipinski definition) is 5. The Labute approximate surface area is 169 Å². The van der Waals surface area contributed by atoms with E-state index in [2.05, 4.69) is 20.3 Å². The lowest BCUT2D eigenvalue weighted by atomic mass is 9.89. The van der Waals surface area contributed by atoms with Gasteiger partial charge in [-0.05, 0) is 50.5 Å². The van der Waals surface area contributed by atoms with Gasteiger partial charge in [0.05, 0.1) is 17.0 Å². The van der Waals surface area contributed by atoms with Gasteiger partial charge in [-0.3, -0.25) is 9.59 Å². The minimum atomic E-state index is -1.13. The number of nitrogens with zero attached hydrogens (tertiary/aromatic N) is 3. The van der Waals surface area contributed by atoms with Gasteiger partial charge in [0.1, 0.15) is 11.8 Å². The van der Waals surface area contributed by atoms with Crippen LogP contribution in [0.2, 0.25) is 0 Å². The van der Waals surface area contributed by atoms with Crippen LogP contribution in [0.4, 0.5) is 8.78 Å². The van der Waals surface area contributed by atoms with Crippen molar-refractivity contribution in [2.24, 2.45) is 0 Å². The molecule has 1 aliphatic rings. The van der Waals surface area contributed by atoms with Gasteiger partial charge in [0.25, 0.3) is 5.56 Å². The van der Waals surface area contributed by atoms with Crippen LogP contribution in [0.1, 0.15) is 48.5 Å². The second-order valence-electron chi connectivity index (χ2n) is 7.43. The normalized spacial score (nSPS) is 15.4. The zero-order valence-corrected chi connectivity index (χ0v) is 16.2. The SMILES string of the molecule is Cc1c(C2(C(=O)N[C@@H](C)c3nccc(C#N)n3)CC2)c(=O)[nH]c2ccc(F)c(F)c12. The molecule has 1 aliphatic carbocycles. The maximum absolute atomic E-state index is 14.4. The van der Waals surface area contributed by atoms with Crippen LogP contribution < -0.4 is 10.9 Å². The highest BCUT2D eigenvalue weighted by atomic mass is 19.2. The van der Waals surface area contributed by atoms with Gasteiger partial charge in [-0.1, -0.05) is 0 Å². The summed E-state index contributed by atoms with van der Waals surface area (Å²) in [6.45, 7) is 3.18. The van der Waals surface area contributed by atoms with Crippen molar-refractivity contribution in [2.45, 2.75) is 38.1 Å². The Morgan fingerprint density at radius 2 is 2.07 bits per heavy atom. The summed E-state index contributed by atoms with van der Waals surface area (Å²) in [5, 5.41) is 11.7. The first-order chi connectivity index (χ1) is 14.3. The second-order valence-corrected chi connectivity index (χ2v) is 7.43. The Balaban J connectivity index is 1.73. The Morgan fingerprint density at radius 1 is 1.33 bits per heavy atom. The number of H-pyrrole nitrogens is 1. The molecule has 1 aromatic carbocycles. The van der Waals surface area contributed by atoms with Crippen LogP contribution in [0.15, 0.2) is 29.2 Å². The largest absolute Gasteiger partial charge is 0.346 e. The maximum atomic E-state index is 14.4. The lowest BCUT2D eigenvalue weighted by Crippen LogP contribution is -2.40. The van der Waals surface area contributed by atoms with Gasteiger partial charge in [-0.2, -0.15) is 5.26 Å². The number of pyridine rings is 1. The average molecular weight is 409 g/mol. The van der Waals surface area contributed by atoms with Crippen molar-refractivity contribution in [3.05, 3.63) is 69.0 Å². The van der Waals surface area contributed by atoms with E-state index in [-0.39, 0.29) is 33.5 Å². The van der Waals surface area contributed by atoms with Gasteiger partial charge in [-0.25, -0.2) is 18.7 Å². The van der Waals surface area contributed by atoms with E-state index in [1.807, 2.05) is 6.07 Å². The minimum Gasteiger partial charge on any atom is -0.346 e. The molecule has 1 amide bonds. The molecule has 2 heterocycles. The Bertz CT molecular complexity index is 1290. The van der Waals surface area contributed by atoms with Crippen molar-refractivity contribution in [2.75, 3.05) is 0 Å². The maximum Gasteiger partial charge on any atom is 0.252 e. The van der Waals surface area contributed by atoms with Crippen molar-refractivity contribution < 1.29 is 13.6 Å². The summed E-state index contributed by atoms with van der Waals surface area (Å²) in [4.78, 5) is 36.6. The minimum absolute atomic E-state index is 0.0400. The zero-order chi connectivity index (χ0) is 21.6. The number of aromatic nitrogens is 3. The highest BCUT2D eigenvalue weighted by Gasteiger charge is 2.54. The summed E-state index contributed by atoms with van der Waals surface area (Å²) in [5.74, 6) is -2.25. The standard InChI is InChI=1S/C21H17F2N5O2/c1-10-15-14(4-3-13(22)17(15)23)28-19(29)16(10)21(6-7-21)20(30)26-11(2)18-25-8-5-12(9-24)27-18/h3-5,8,11H,6-7H2,1-2H3,(H,26,30)(H,28,29)/t11-/m0/s1. The van der Waals surface area contributed by atoms with Gasteiger partial charge in [0.2, 0.25) is 5.91 Å². The van der Waals surface area contributed by atoms with E-state index in [4.69, 9.17) is 5.26 Å². The highest BCUT2D eigenvalue weighted by molar-refractivity contribution is 5.94. The third-order valence-electron chi connectivity index (χ3n) is 5.51. The van der Waals surface area contributed by atoms with Crippen LogP contribution in [-0.4, -0.2) is 20.9 Å². The lowest BCUT2D eigenvalue weighted by Gasteiger charge is -2.21. The molecule has 1 fully saturated rings. The van der Waals surface area contributed by atoms with Gasteiger partial charge in [0, 0.05) is 17.1 Å². The quantitative estimate of drug-likeness (QED) is 0.688. The molecule has 3 aromatic rings. The second kappa shape index (κ2) is 6.99. The van der Waals surface area contributed by atoms with E-state index >= 15 is 0 Å². The van der Waals surface area contributed by atoms with Gasteiger partial charge in [0.15, 0.2) is 17.5 Å². The third kappa shape index (κ3) is 3.01. The number of nitriles is 1. The first-order valence-corrected chi connectivity index (χ1v) is 9.33. The first-order valence-electron chi connectivity index (χ1n) is 9.33. The molecule has 0 unspecified atom stereocenters. The molecule has 0 aliphatic heterocycles. The number of rotatable bonds is 4. The van der Waals surface area contributed by atoms with E-state index in [0.717, 1.165) is 6.07 Å². The zero-order valence-electron chi connectivity index (χ0n) is 16.2. The smallest absolute Gasteiger partial charge is 0.252 e. The summed E-state index contributed by atoms with van der Waals surface area (Å²) in [7, 11) is 0. The molecule has 0 spiro atoms. The lowest BCUT2D eigenvalue weighted by molar-refractivity contribution is -0.124. The molecule has 0 radical (unpaired) electrons. The molecule has 2 aromatic heterocycles. The first kappa shape index (κ1) is 19.6. The number of nitrogens with one attached hydrogen (secondary N) is 2. The molecule has 1 saturated carbocycles. The molecular formula is C21H17F2N5O2. The number of benzene rings is 1. The van der Waals surface area contributed by atoms with Crippen LogP contribution >= 0.6 is 0 Å². The van der Waals surface area contributed by atoms with E-state index in [0.29, 0.717) is 12.8 Å². The number of carbonyl (C=O) groups is 1. The van der Waals surface area contributed by atoms with Crippen LogP contribution in [0, 0.1) is 29.9 Å². The molecule has 0 bridgehead atoms. The summed E-state index contributed by atoms with van der Waals surface area (Å²) in [6.07, 6.45) is 2.22. The van der Waals surface area contributed by atoms with Crippen LogP contribution in [0.3, 0.4) is 0 Å². The van der Waals surface area contributed by atoms with Crippen molar-refractivity contribution in [1.82, 2.24) is 20.3 Å². The molecule has 0 saturated heterocycles. The van der Waals surface area contributed by atoms with E-state index in [9.17, 15) is 18.4 Å². The highest BCUT2D eigenvalue weighted by Crippen LogP contribution is 2.49. The number of aryl methyl sites for hydroxylation is 1. The summed E-state index contributed by atoms with van der Waals surface area (Å²) in [6, 6.07) is 4.99. The molecule has 1 atom stereocenters. The van der Waals surface area contributed by atoms with Gasteiger partial charge in [-0.15, -0.1) is 0 Å². The van der Waals surface area contributed by atoms with Crippen LogP contribution in [0.25, 0.3) is 10.9 Å². The molecule has 152 valence electrons. The third-order valence-corrected chi connectivity index (χ3v) is 5.51. The van der Waals surface area contributed by atoms with Crippen molar-refractivity contribution >= 4 is 16.8 Å². The van der Waals surface area contributed by atoms with Gasteiger partial charge >= 0.3 is 0 Å². The molecule has 2 N–H and O–H groups in total. The number of amides is 1. The van der Waals surface area contributed by atoms with E-state index < -0.39 is 34.6 Å². The van der Waals surface area contributed by atoms with Gasteiger partial charge < -0.3 is 10.3 Å². The number of aromatic amines is 1. The fraction of sp³-hybridized carbons (Fsp3) is 0.286. The Kier molecular flexibility index (Phi) is 4.57. The van der Waals surface area contributed by atoms with Crippen molar-refractivity contribution in [1.29, 1.82) is 5.26 Å². The molecule has 4 rings (SSSR count). The fourth-order valence-corrected chi connectivity index (χ4v) is 3.84. The predicted octanol–water partition coefficient (Wildman–Crippen LogP) is 2.69. The van der Waals surface area contributed by atoms with Crippen molar-refractivity contribution in [3.8, 4) is 6.07 Å². The summed E-state index contributed by atoms with van der Waals surface area (Å²) < 4.78 is 28.2. The van der Waals surface area contributed by atoms with E-state index in [1.165, 1.54) is 25.3 Å². The summed E-state index contributed by atoms with van der Waals surface area (Å²) >= 11 is 0. The Hall–Kier alpha value is -3.67. The summed E-state index contributed by atoms with van der Waals surface area (Å²) in [5.41, 5.74) is -0.919. The fourth-order valence-electron chi connectivity index (χ4n) is 3.84. The molecule has 7 nitrogen and oxygen atoms in total. The predicted molar refractivity (Wildman–Crippen MR) is 103 cm³/mol. The molecular weight excluding hydrogens is 392 g/mol. The van der Waals surface area contributed by atoms with Crippen molar-refractivity contribution in [3.63, 3.8) is 0 Å². The molecule has 30 heavy (non-hydrogen) atoms. The van der Waals surface area contributed by atoms with E-state index in [1.54, 1.807) is 6.92 Å². The number of halogens is 2. The average Bonchev–Trinajstić information content (AvgIpc) is 3.52. The monoisotopic (exact) mass is 409 g/mol. The van der Waals surface area contributed by atoms with Crippen LogP contribution in [0.5, 0.6) is 0 Å². The number of carbonyl (C=O) groups excluding carboxylic acids is 1. The number of fused-ring (bicyclic) bond motifs is 1. The topological polar surface area (TPSA) is 112 Å². The van der Waals surface area contributed by atoms with Crippen LogP contribution in [-0.2, 0) is 10.2 Å². The number of hydrogen-bond donors (Lipinski definition) is 2. The molecule has 9 heteroatoms. The Morgan fingerprint density at radius 3 is 2.73 bits per heavy atom.